The van der Waals surface area contributed by atoms with Gasteiger partial charge >= 0.3 is 0 Å². The number of rotatable bonds is 6. The van der Waals surface area contributed by atoms with Crippen molar-refractivity contribution in [3.8, 4) is 0 Å². The van der Waals surface area contributed by atoms with E-state index in [1.54, 1.807) is 24.3 Å². The number of anilines is 1. The van der Waals surface area contributed by atoms with Crippen molar-refractivity contribution in [1.29, 1.82) is 0 Å². The standard InChI is InChI=1S/C24H29N3O2S/c1-18(28)25-21-15-13-19(14-16-21)23(29)17-30-24(26-20-9-5-3-6-10-20)27(2)22-11-7-4-8-12-22/h3,5-6,9-10,13-16,22H,4,7-8,11-12,17H2,1-2H3,(H,25,28). The number of para-hydroxylation sites is 1. The van der Waals surface area contributed by atoms with Crippen LogP contribution in [0.2, 0.25) is 0 Å². The van der Waals surface area contributed by atoms with Crippen LogP contribution in [0.15, 0.2) is 59.6 Å². The molecule has 1 aliphatic rings. The predicted octanol–water partition coefficient (Wildman–Crippen LogP) is 5.51. The van der Waals surface area contributed by atoms with Crippen LogP contribution >= 0.6 is 11.8 Å². The average molecular weight is 424 g/mol. The molecule has 0 spiro atoms. The number of carbonyl (C=O) groups excluding carboxylic acids is 2. The van der Waals surface area contributed by atoms with Gasteiger partial charge in [-0.3, -0.25) is 9.59 Å². The zero-order valence-corrected chi connectivity index (χ0v) is 18.5. The third-order valence-corrected chi connectivity index (χ3v) is 6.31. The van der Waals surface area contributed by atoms with E-state index >= 15 is 0 Å². The normalized spacial score (nSPS) is 14.9. The minimum absolute atomic E-state index is 0.0483. The van der Waals surface area contributed by atoms with Gasteiger partial charge in [0.2, 0.25) is 5.91 Å². The maximum atomic E-state index is 12.8. The van der Waals surface area contributed by atoms with Crippen molar-refractivity contribution in [3.05, 3.63) is 60.2 Å². The quantitative estimate of drug-likeness (QED) is 0.378. The molecule has 0 radical (unpaired) electrons. The number of carbonyl (C=O) groups is 2. The van der Waals surface area contributed by atoms with Crippen molar-refractivity contribution in [1.82, 2.24) is 4.90 Å². The first kappa shape index (κ1) is 22.1. The fourth-order valence-corrected chi connectivity index (χ4v) is 4.56. The zero-order chi connectivity index (χ0) is 21.3. The summed E-state index contributed by atoms with van der Waals surface area (Å²) in [5.74, 6) is 0.242. The monoisotopic (exact) mass is 423 g/mol. The lowest BCUT2D eigenvalue weighted by Gasteiger charge is -2.33. The van der Waals surface area contributed by atoms with Crippen molar-refractivity contribution in [2.75, 3.05) is 18.1 Å². The molecule has 0 atom stereocenters. The molecule has 1 amide bonds. The minimum atomic E-state index is -0.128. The van der Waals surface area contributed by atoms with Gasteiger partial charge in [-0.2, -0.15) is 0 Å². The van der Waals surface area contributed by atoms with E-state index in [4.69, 9.17) is 4.99 Å². The van der Waals surface area contributed by atoms with Crippen molar-refractivity contribution < 1.29 is 9.59 Å². The Kier molecular flexibility index (Phi) is 8.08. The summed E-state index contributed by atoms with van der Waals surface area (Å²) in [4.78, 5) is 31.0. The molecule has 1 saturated carbocycles. The molecular formula is C24H29N3O2S. The maximum Gasteiger partial charge on any atom is 0.221 e. The lowest BCUT2D eigenvalue weighted by molar-refractivity contribution is -0.114. The summed E-state index contributed by atoms with van der Waals surface area (Å²) in [5.41, 5.74) is 2.22. The first-order chi connectivity index (χ1) is 14.5. The lowest BCUT2D eigenvalue weighted by atomic mass is 9.95. The molecule has 158 valence electrons. The highest BCUT2D eigenvalue weighted by atomic mass is 32.2. The van der Waals surface area contributed by atoms with E-state index in [9.17, 15) is 9.59 Å². The molecule has 0 aromatic heterocycles. The molecule has 1 fully saturated rings. The van der Waals surface area contributed by atoms with E-state index in [1.807, 2.05) is 30.3 Å². The van der Waals surface area contributed by atoms with Crippen LogP contribution in [0.4, 0.5) is 11.4 Å². The summed E-state index contributed by atoms with van der Waals surface area (Å²) >= 11 is 1.49. The van der Waals surface area contributed by atoms with Gasteiger partial charge < -0.3 is 10.2 Å². The van der Waals surface area contributed by atoms with Crippen LogP contribution in [-0.4, -0.2) is 40.6 Å². The Bertz CT molecular complexity index is 875. The highest BCUT2D eigenvalue weighted by molar-refractivity contribution is 8.14. The van der Waals surface area contributed by atoms with Crippen molar-refractivity contribution in [2.45, 2.75) is 45.1 Å². The summed E-state index contributed by atoms with van der Waals surface area (Å²) < 4.78 is 0. The molecule has 2 aromatic rings. The fourth-order valence-electron chi connectivity index (χ4n) is 3.61. The van der Waals surface area contributed by atoms with Crippen LogP contribution in [0.3, 0.4) is 0 Å². The molecule has 30 heavy (non-hydrogen) atoms. The van der Waals surface area contributed by atoms with E-state index in [2.05, 4.69) is 17.3 Å². The molecule has 6 heteroatoms. The van der Waals surface area contributed by atoms with Crippen LogP contribution in [0, 0.1) is 0 Å². The maximum absolute atomic E-state index is 12.8. The fraction of sp³-hybridized carbons (Fsp3) is 0.375. The Hall–Kier alpha value is -2.60. The number of thioether (sulfide) groups is 1. The molecule has 0 saturated heterocycles. The molecule has 0 aliphatic heterocycles. The third-order valence-electron chi connectivity index (χ3n) is 5.26. The average Bonchev–Trinajstić information content (AvgIpc) is 2.77. The van der Waals surface area contributed by atoms with E-state index in [1.165, 1.54) is 50.8 Å². The highest BCUT2D eigenvalue weighted by Crippen LogP contribution is 2.26. The van der Waals surface area contributed by atoms with Gasteiger partial charge in [-0.15, -0.1) is 0 Å². The molecule has 0 unspecified atom stereocenters. The Morgan fingerprint density at radius 2 is 1.70 bits per heavy atom. The SMILES string of the molecule is CC(=O)Nc1ccc(C(=O)CSC(=Nc2ccccc2)N(C)C2CCCCC2)cc1. The van der Waals surface area contributed by atoms with Gasteiger partial charge in [0, 0.05) is 31.3 Å². The Morgan fingerprint density at radius 1 is 1.03 bits per heavy atom. The largest absolute Gasteiger partial charge is 0.351 e. The molecule has 3 rings (SSSR count). The number of nitrogens with zero attached hydrogens (tertiary/aromatic N) is 2. The van der Waals surface area contributed by atoms with Gasteiger partial charge in [0.25, 0.3) is 0 Å². The summed E-state index contributed by atoms with van der Waals surface area (Å²) in [6.07, 6.45) is 6.14. The van der Waals surface area contributed by atoms with Crippen LogP contribution in [0.5, 0.6) is 0 Å². The Labute approximate surface area is 183 Å². The number of hydrogen-bond donors (Lipinski definition) is 1. The molecule has 2 aromatic carbocycles. The van der Waals surface area contributed by atoms with E-state index in [-0.39, 0.29) is 11.7 Å². The third kappa shape index (κ3) is 6.46. The van der Waals surface area contributed by atoms with Gasteiger partial charge in [-0.1, -0.05) is 49.2 Å². The number of amidine groups is 1. The van der Waals surface area contributed by atoms with Gasteiger partial charge in [-0.25, -0.2) is 4.99 Å². The first-order valence-corrected chi connectivity index (χ1v) is 11.4. The smallest absolute Gasteiger partial charge is 0.221 e. The highest BCUT2D eigenvalue weighted by Gasteiger charge is 2.22. The van der Waals surface area contributed by atoms with Crippen molar-refractivity contribution in [3.63, 3.8) is 0 Å². The number of hydrogen-bond acceptors (Lipinski definition) is 4. The molecular weight excluding hydrogens is 394 g/mol. The molecule has 5 nitrogen and oxygen atoms in total. The summed E-state index contributed by atoms with van der Waals surface area (Å²) in [6.45, 7) is 1.46. The van der Waals surface area contributed by atoms with Crippen molar-refractivity contribution in [2.24, 2.45) is 4.99 Å². The summed E-state index contributed by atoms with van der Waals surface area (Å²) in [5, 5.41) is 3.60. The number of amides is 1. The first-order valence-electron chi connectivity index (χ1n) is 10.4. The predicted molar refractivity (Wildman–Crippen MR) is 126 cm³/mol. The van der Waals surface area contributed by atoms with E-state index in [0.717, 1.165) is 10.9 Å². The summed E-state index contributed by atoms with van der Waals surface area (Å²) in [6, 6.07) is 17.4. The topological polar surface area (TPSA) is 61.8 Å². The van der Waals surface area contributed by atoms with Gasteiger partial charge in [0.05, 0.1) is 11.4 Å². The second-order valence-corrected chi connectivity index (χ2v) is 8.55. The van der Waals surface area contributed by atoms with Crippen LogP contribution in [0.1, 0.15) is 49.4 Å². The number of benzene rings is 2. The number of Topliss-reactive ketones (excluding diaryl/α,β-unsaturated/α-hetero) is 1. The molecule has 0 bridgehead atoms. The van der Waals surface area contributed by atoms with Gasteiger partial charge in [-0.05, 0) is 49.2 Å². The van der Waals surface area contributed by atoms with E-state index < -0.39 is 0 Å². The van der Waals surface area contributed by atoms with Crippen LogP contribution in [-0.2, 0) is 4.79 Å². The molecule has 1 aliphatic carbocycles. The number of ketones is 1. The number of nitrogens with one attached hydrogen (secondary N) is 1. The molecule has 0 heterocycles. The lowest BCUT2D eigenvalue weighted by Crippen LogP contribution is -2.37. The number of aliphatic imine (C=N–C) groups is 1. The van der Waals surface area contributed by atoms with Crippen molar-refractivity contribution >= 4 is 40.0 Å². The van der Waals surface area contributed by atoms with Gasteiger partial charge in [0.15, 0.2) is 11.0 Å². The van der Waals surface area contributed by atoms with E-state index in [0.29, 0.717) is 23.0 Å². The van der Waals surface area contributed by atoms with Crippen LogP contribution in [0.25, 0.3) is 0 Å². The summed E-state index contributed by atoms with van der Waals surface area (Å²) in [7, 11) is 2.09. The van der Waals surface area contributed by atoms with Gasteiger partial charge in [0.1, 0.15) is 0 Å². The van der Waals surface area contributed by atoms with Crippen LogP contribution < -0.4 is 5.32 Å². The second-order valence-electron chi connectivity index (χ2n) is 7.60. The zero-order valence-electron chi connectivity index (χ0n) is 17.6. The minimum Gasteiger partial charge on any atom is -0.351 e. The second kappa shape index (κ2) is 11.0. The molecule has 1 N–H and O–H groups in total. The Morgan fingerprint density at radius 3 is 2.33 bits per heavy atom. The Balaban J connectivity index is 1.70.